The van der Waals surface area contributed by atoms with Gasteiger partial charge in [-0.15, -0.1) is 0 Å². The molecule has 0 spiro atoms. The fourth-order valence-electron chi connectivity index (χ4n) is 3.84. The molecule has 0 unspecified atom stereocenters. The molecule has 0 saturated heterocycles. The van der Waals surface area contributed by atoms with E-state index in [1.807, 2.05) is 12.1 Å². The number of hydrogen-bond acceptors (Lipinski definition) is 4. The number of rotatable bonds is 13. The van der Waals surface area contributed by atoms with E-state index in [-0.39, 0.29) is 11.4 Å². The first-order valence-corrected chi connectivity index (χ1v) is 13.2. The predicted octanol–water partition coefficient (Wildman–Crippen LogP) is 6.51. The number of aliphatic hydroxyl groups is 1. The van der Waals surface area contributed by atoms with Crippen LogP contribution in [0.5, 0.6) is 0 Å². The van der Waals surface area contributed by atoms with Crippen molar-refractivity contribution in [2.24, 2.45) is 0 Å². The Hall–Kier alpha value is -3.76. The van der Waals surface area contributed by atoms with E-state index in [4.69, 9.17) is 5.11 Å². The molecule has 0 amide bonds. The lowest BCUT2D eigenvalue weighted by Gasteiger charge is -2.08. The van der Waals surface area contributed by atoms with Crippen molar-refractivity contribution < 1.29 is 19.8 Å². The summed E-state index contributed by atoms with van der Waals surface area (Å²) >= 11 is 0. The number of Topliss-reactive ketones (excluding diaryl/α,β-unsaturated/α-hetero) is 1. The molecule has 3 aromatic carbocycles. The van der Waals surface area contributed by atoms with Crippen molar-refractivity contribution in [2.45, 2.75) is 58.8 Å². The lowest BCUT2D eigenvalue weighted by atomic mass is 9.97. The lowest BCUT2D eigenvalue weighted by molar-refractivity contribution is -0.299. The number of aliphatic hydroxyl groups excluding tert-OH is 1. The van der Waals surface area contributed by atoms with Gasteiger partial charge in [0.1, 0.15) is 0 Å². The van der Waals surface area contributed by atoms with Gasteiger partial charge in [-0.25, -0.2) is 0 Å². The molecule has 0 radical (unpaired) electrons. The molecule has 0 bridgehead atoms. The number of unbranched alkanes of at least 4 members (excludes halogenated alkanes) is 4. The van der Waals surface area contributed by atoms with Crippen LogP contribution < -0.4 is 5.11 Å². The quantitative estimate of drug-likeness (QED) is 0.210. The van der Waals surface area contributed by atoms with Crippen LogP contribution in [0, 0.1) is 0 Å². The van der Waals surface area contributed by atoms with E-state index in [9.17, 15) is 14.7 Å². The summed E-state index contributed by atoms with van der Waals surface area (Å²) in [5, 5.41) is 18.3. The highest BCUT2D eigenvalue weighted by atomic mass is 16.4. The van der Waals surface area contributed by atoms with Gasteiger partial charge in [-0.1, -0.05) is 105 Å². The molecular formula is C34H39O4-. The summed E-state index contributed by atoms with van der Waals surface area (Å²) in [6.45, 7) is 10.3. The summed E-state index contributed by atoms with van der Waals surface area (Å²) in [7, 11) is 0. The number of ketones is 1. The number of aliphatic carboxylic acids is 1. The molecule has 3 rings (SSSR count). The second-order valence-electron chi connectivity index (χ2n) is 9.66. The highest BCUT2D eigenvalue weighted by molar-refractivity contribution is 5.95. The van der Waals surface area contributed by atoms with Crippen molar-refractivity contribution in [3.63, 3.8) is 0 Å². The molecule has 0 heterocycles. The Bertz CT molecular complexity index is 1170. The standard InChI is InChI=1S/C30H34O2.C4H6O2/c1-23(2)30(32)22-25-11-15-27(16-12-25)29-19-17-28(18-20-29)26-13-9-24(10-14-26)8-6-4-3-5-7-21-31;1-3(2)4(5)6/h9-20,31H,1,3-8,21-22H2,2H3;1H2,2H3,(H,5,6)/p-1. The molecule has 0 aliphatic carbocycles. The van der Waals surface area contributed by atoms with Crippen molar-refractivity contribution in [1.82, 2.24) is 0 Å². The van der Waals surface area contributed by atoms with Crippen molar-refractivity contribution >= 4 is 11.8 Å². The summed E-state index contributed by atoms with van der Waals surface area (Å²) in [6.07, 6.45) is 7.23. The summed E-state index contributed by atoms with van der Waals surface area (Å²) in [5.74, 6) is -1.10. The Labute approximate surface area is 227 Å². The van der Waals surface area contributed by atoms with Gasteiger partial charge in [0.05, 0.1) is 5.97 Å². The second-order valence-corrected chi connectivity index (χ2v) is 9.66. The van der Waals surface area contributed by atoms with Gasteiger partial charge in [-0.2, -0.15) is 0 Å². The SMILES string of the molecule is C=C(C)C(=O)Cc1ccc(-c2ccc(-c3ccc(CCCCCCCO)cc3)cc2)cc1.C=C(C)C(=O)[O-]. The maximum Gasteiger partial charge on any atom is 0.162 e. The number of allylic oxidation sites excluding steroid dienone is 1. The van der Waals surface area contributed by atoms with Crippen LogP contribution in [0.4, 0.5) is 0 Å². The van der Waals surface area contributed by atoms with Gasteiger partial charge in [0, 0.05) is 13.0 Å². The first kappa shape index (κ1) is 30.5. The average Bonchev–Trinajstić information content (AvgIpc) is 2.92. The van der Waals surface area contributed by atoms with Crippen LogP contribution in [0.2, 0.25) is 0 Å². The van der Waals surface area contributed by atoms with Crippen LogP contribution in [0.25, 0.3) is 22.3 Å². The van der Waals surface area contributed by atoms with Crippen LogP contribution in [0.1, 0.15) is 57.1 Å². The Morgan fingerprint density at radius 2 is 1.00 bits per heavy atom. The van der Waals surface area contributed by atoms with Gasteiger partial charge in [0.15, 0.2) is 5.78 Å². The highest BCUT2D eigenvalue weighted by Gasteiger charge is 2.06. The van der Waals surface area contributed by atoms with Gasteiger partial charge in [0.25, 0.3) is 0 Å². The zero-order valence-electron chi connectivity index (χ0n) is 22.7. The highest BCUT2D eigenvalue weighted by Crippen LogP contribution is 2.26. The molecule has 0 saturated carbocycles. The summed E-state index contributed by atoms with van der Waals surface area (Å²) in [4.78, 5) is 21.3. The van der Waals surface area contributed by atoms with Gasteiger partial charge in [0.2, 0.25) is 0 Å². The smallest absolute Gasteiger partial charge is 0.162 e. The van der Waals surface area contributed by atoms with E-state index in [1.54, 1.807) is 6.92 Å². The third-order valence-corrected chi connectivity index (χ3v) is 6.27. The van der Waals surface area contributed by atoms with Crippen molar-refractivity contribution in [2.75, 3.05) is 6.61 Å². The Balaban J connectivity index is 0.000000757. The van der Waals surface area contributed by atoms with Gasteiger partial charge in [-0.3, -0.25) is 4.79 Å². The molecule has 1 N–H and O–H groups in total. The van der Waals surface area contributed by atoms with Gasteiger partial charge < -0.3 is 15.0 Å². The van der Waals surface area contributed by atoms with Crippen molar-refractivity contribution in [1.29, 1.82) is 0 Å². The largest absolute Gasteiger partial charge is 0.545 e. The zero-order valence-corrected chi connectivity index (χ0v) is 22.7. The number of aryl methyl sites for hydroxylation is 1. The minimum atomic E-state index is -1.19. The van der Waals surface area contributed by atoms with E-state index in [2.05, 4.69) is 73.8 Å². The molecule has 0 aromatic heterocycles. The first-order chi connectivity index (χ1) is 18.2. The Kier molecular flexibility index (Phi) is 13.0. The predicted molar refractivity (Wildman–Crippen MR) is 155 cm³/mol. The molecule has 3 aromatic rings. The maximum absolute atomic E-state index is 11.9. The number of hydrogen-bond donors (Lipinski definition) is 1. The molecule has 4 heteroatoms. The molecule has 38 heavy (non-hydrogen) atoms. The summed E-state index contributed by atoms with van der Waals surface area (Å²) in [5.41, 5.74) is 7.84. The first-order valence-electron chi connectivity index (χ1n) is 13.2. The third-order valence-electron chi connectivity index (χ3n) is 6.27. The van der Waals surface area contributed by atoms with Crippen LogP contribution in [0.15, 0.2) is 97.1 Å². The van der Waals surface area contributed by atoms with E-state index >= 15 is 0 Å². The fourth-order valence-corrected chi connectivity index (χ4v) is 3.84. The topological polar surface area (TPSA) is 77.4 Å². The number of carboxylic acid groups (broad SMARTS) is 1. The van der Waals surface area contributed by atoms with Gasteiger partial charge in [-0.05, 0) is 77.6 Å². The molecule has 0 atom stereocenters. The summed E-state index contributed by atoms with van der Waals surface area (Å²) in [6, 6.07) is 25.8. The number of benzene rings is 3. The Morgan fingerprint density at radius 1 is 0.632 bits per heavy atom. The molecule has 0 aliphatic heterocycles. The maximum atomic E-state index is 11.9. The normalized spacial score (nSPS) is 10.3. The molecular weight excluding hydrogens is 472 g/mol. The van der Waals surface area contributed by atoms with Crippen LogP contribution in [0.3, 0.4) is 0 Å². The number of carbonyl (C=O) groups is 2. The molecule has 4 nitrogen and oxygen atoms in total. The van der Waals surface area contributed by atoms with Crippen LogP contribution in [-0.4, -0.2) is 23.5 Å². The van der Waals surface area contributed by atoms with Crippen LogP contribution in [-0.2, 0) is 22.4 Å². The van der Waals surface area contributed by atoms with E-state index in [0.29, 0.717) is 18.6 Å². The minimum absolute atomic E-state index is 0.0648. The van der Waals surface area contributed by atoms with Crippen molar-refractivity contribution in [3.8, 4) is 22.3 Å². The molecule has 0 fully saturated rings. The Morgan fingerprint density at radius 3 is 1.39 bits per heavy atom. The number of carbonyl (C=O) groups excluding carboxylic acids is 2. The second kappa shape index (κ2) is 16.2. The van der Waals surface area contributed by atoms with Gasteiger partial charge >= 0.3 is 0 Å². The van der Waals surface area contributed by atoms with Crippen LogP contribution >= 0.6 is 0 Å². The minimum Gasteiger partial charge on any atom is -0.545 e. The lowest BCUT2D eigenvalue weighted by Crippen LogP contribution is -2.22. The molecule has 200 valence electrons. The summed E-state index contributed by atoms with van der Waals surface area (Å²) < 4.78 is 0. The fraction of sp³-hybridized carbons (Fsp3) is 0.294. The average molecular weight is 512 g/mol. The van der Waals surface area contributed by atoms with Crippen molar-refractivity contribution in [3.05, 3.63) is 108 Å². The van der Waals surface area contributed by atoms with E-state index < -0.39 is 5.97 Å². The zero-order chi connectivity index (χ0) is 27.9. The number of carboxylic acids is 1. The third kappa shape index (κ3) is 10.7. The monoisotopic (exact) mass is 511 g/mol. The van der Waals surface area contributed by atoms with E-state index in [1.165, 1.54) is 48.4 Å². The van der Waals surface area contributed by atoms with E-state index in [0.717, 1.165) is 30.4 Å². The molecule has 0 aliphatic rings.